The van der Waals surface area contributed by atoms with Gasteiger partial charge in [-0.25, -0.2) is 19.9 Å². The minimum atomic E-state index is -0.821. The number of aliphatic hydroxyl groups is 2. The van der Waals surface area contributed by atoms with Crippen molar-refractivity contribution < 1.29 is 29.3 Å². The molecule has 0 saturated carbocycles. The summed E-state index contributed by atoms with van der Waals surface area (Å²) in [6, 6.07) is 18.8. The number of rotatable bonds is 12. The van der Waals surface area contributed by atoms with Crippen molar-refractivity contribution in [2.24, 2.45) is 0 Å². The minimum absolute atomic E-state index is 0.0381. The van der Waals surface area contributed by atoms with Crippen LogP contribution in [0.2, 0.25) is 0 Å². The van der Waals surface area contributed by atoms with Crippen molar-refractivity contribution in [2.75, 3.05) is 51.9 Å². The highest BCUT2D eigenvalue weighted by Gasteiger charge is 2.34. The van der Waals surface area contributed by atoms with Crippen LogP contribution in [0.15, 0.2) is 70.7 Å². The van der Waals surface area contributed by atoms with E-state index in [0.717, 1.165) is 79.3 Å². The van der Waals surface area contributed by atoms with Crippen LogP contribution in [0, 0.1) is 13.8 Å². The summed E-state index contributed by atoms with van der Waals surface area (Å²) < 4.78 is 10.6. The van der Waals surface area contributed by atoms with Crippen molar-refractivity contribution in [1.29, 1.82) is 0 Å². The van der Waals surface area contributed by atoms with E-state index in [2.05, 4.69) is 30.6 Å². The number of aryl methyl sites for hydroxylation is 2. The summed E-state index contributed by atoms with van der Waals surface area (Å²) in [7, 11) is 3.25. The Morgan fingerprint density at radius 3 is 1.58 bits per heavy atom. The lowest BCUT2D eigenvalue weighted by Crippen LogP contribution is -2.39. The fourth-order valence-corrected chi connectivity index (χ4v) is 11.2. The molecule has 2 aliphatic heterocycles. The SMILES string of the molecule is CC.COc1ccc2c(SCC(=O)c3ccc(C4(O)CCNCC4)s3)nc(C)nc2c1.COc1ccc2nc(C)nc(SCC(=O)c3ccc(C4(O)CCNCC4)s3)c2c1. The average molecular weight is 889 g/mol. The molecule has 6 aromatic rings. The van der Waals surface area contributed by atoms with Gasteiger partial charge in [0.15, 0.2) is 11.6 Å². The molecule has 0 unspecified atom stereocenters. The van der Waals surface area contributed by atoms with E-state index in [-0.39, 0.29) is 23.1 Å². The molecule has 2 saturated heterocycles. The first-order valence-corrected chi connectivity index (χ1v) is 23.6. The van der Waals surface area contributed by atoms with Crippen molar-refractivity contribution in [1.82, 2.24) is 30.6 Å². The number of carbonyl (C=O) groups excluding carboxylic acids is 2. The fraction of sp³-hybridized carbons (Fsp3) is 0.409. The zero-order chi connectivity index (χ0) is 42.9. The van der Waals surface area contributed by atoms with E-state index in [1.807, 2.05) is 88.4 Å². The molecule has 4 N–H and O–H groups in total. The van der Waals surface area contributed by atoms with Gasteiger partial charge in [0.2, 0.25) is 0 Å². The summed E-state index contributed by atoms with van der Waals surface area (Å²) in [6.45, 7) is 10.8. The normalized spacial score (nSPS) is 15.7. The number of methoxy groups -OCH3 is 2. The number of aromatic nitrogens is 4. The van der Waals surface area contributed by atoms with Crippen molar-refractivity contribution >= 4 is 79.6 Å². The molecule has 318 valence electrons. The molecular weight excluding hydrogens is 837 g/mol. The Morgan fingerprint density at radius 1 is 0.633 bits per heavy atom. The molecule has 60 heavy (non-hydrogen) atoms. The van der Waals surface area contributed by atoms with Gasteiger partial charge in [0, 0.05) is 26.6 Å². The summed E-state index contributed by atoms with van der Waals surface area (Å²) in [5.74, 6) is 3.45. The maximum atomic E-state index is 12.8. The number of thiophene rings is 2. The molecule has 8 rings (SSSR count). The Hall–Kier alpha value is -4.00. The quantitative estimate of drug-likeness (QED) is 0.0528. The molecular formula is C44H52N6O6S4. The summed E-state index contributed by atoms with van der Waals surface area (Å²) >= 11 is 5.63. The zero-order valence-corrected chi connectivity index (χ0v) is 38.1. The Balaban J connectivity index is 0.000000193. The maximum absolute atomic E-state index is 12.8. The predicted octanol–water partition coefficient (Wildman–Crippen LogP) is 8.13. The molecule has 16 heteroatoms. The number of Topliss-reactive ketones (excluding diaryl/α,β-unsaturated/α-hetero) is 2. The summed E-state index contributed by atoms with van der Waals surface area (Å²) in [5, 5.41) is 31.6. The van der Waals surface area contributed by atoms with Crippen molar-refractivity contribution in [3.05, 3.63) is 91.8 Å². The van der Waals surface area contributed by atoms with E-state index >= 15 is 0 Å². The van der Waals surface area contributed by atoms with Crippen LogP contribution in [0.5, 0.6) is 11.5 Å². The monoisotopic (exact) mass is 888 g/mol. The largest absolute Gasteiger partial charge is 0.497 e. The molecule has 0 amide bonds. The third kappa shape index (κ3) is 10.9. The number of ether oxygens (including phenoxy) is 2. The lowest BCUT2D eigenvalue weighted by molar-refractivity contribution is 0.00904. The number of hydrogen-bond acceptors (Lipinski definition) is 16. The molecule has 12 nitrogen and oxygen atoms in total. The van der Waals surface area contributed by atoms with Crippen molar-refractivity contribution in [2.45, 2.75) is 74.6 Å². The smallest absolute Gasteiger partial charge is 0.183 e. The topological polar surface area (TPSA) is 169 Å². The predicted molar refractivity (Wildman–Crippen MR) is 244 cm³/mol. The van der Waals surface area contributed by atoms with E-state index in [1.165, 1.54) is 46.2 Å². The van der Waals surface area contributed by atoms with E-state index < -0.39 is 11.2 Å². The maximum Gasteiger partial charge on any atom is 0.183 e. The van der Waals surface area contributed by atoms with Crippen molar-refractivity contribution in [3.8, 4) is 11.5 Å². The number of nitrogens with zero attached hydrogens (tertiary/aromatic N) is 4. The Bertz CT molecular complexity index is 2430. The lowest BCUT2D eigenvalue weighted by Gasteiger charge is -2.31. The number of thioether (sulfide) groups is 2. The van der Waals surface area contributed by atoms with E-state index in [9.17, 15) is 19.8 Å². The van der Waals surface area contributed by atoms with Crippen LogP contribution in [0.1, 0.15) is 80.3 Å². The minimum Gasteiger partial charge on any atom is -0.497 e. The molecule has 0 atom stereocenters. The molecule has 4 aromatic heterocycles. The van der Waals surface area contributed by atoms with Crippen LogP contribution < -0.4 is 20.1 Å². The summed E-state index contributed by atoms with van der Waals surface area (Å²) in [6.07, 6.45) is 2.69. The molecule has 0 aliphatic carbocycles. The number of nitrogens with one attached hydrogen (secondary N) is 2. The highest BCUT2D eigenvalue weighted by atomic mass is 32.2. The van der Waals surface area contributed by atoms with E-state index in [1.54, 1.807) is 14.2 Å². The van der Waals surface area contributed by atoms with Gasteiger partial charge < -0.3 is 30.3 Å². The molecule has 2 aliphatic rings. The first-order valence-electron chi connectivity index (χ1n) is 20.0. The number of piperidine rings is 2. The number of hydrogen-bond donors (Lipinski definition) is 4. The van der Waals surface area contributed by atoms with Gasteiger partial charge in [0.05, 0.1) is 46.5 Å². The highest BCUT2D eigenvalue weighted by molar-refractivity contribution is 8.00. The fourth-order valence-electron chi connectivity index (χ4n) is 6.92. The van der Waals surface area contributed by atoms with Crippen molar-refractivity contribution in [3.63, 3.8) is 0 Å². The number of carbonyl (C=O) groups is 2. The summed E-state index contributed by atoms with van der Waals surface area (Å²) in [5.41, 5.74) is -0.00300. The highest BCUT2D eigenvalue weighted by Crippen LogP contribution is 2.38. The van der Waals surface area contributed by atoms with Gasteiger partial charge in [-0.05, 0) is 120 Å². The number of fused-ring (bicyclic) bond motifs is 2. The third-order valence-electron chi connectivity index (χ3n) is 10.2. The van der Waals surface area contributed by atoms with Gasteiger partial charge in [0.25, 0.3) is 0 Å². The molecule has 0 spiro atoms. The molecule has 0 bridgehead atoms. The Labute approximate surface area is 367 Å². The third-order valence-corrected chi connectivity index (χ3v) is 14.8. The zero-order valence-electron chi connectivity index (χ0n) is 34.8. The van der Waals surface area contributed by atoms with Crippen LogP contribution in [-0.4, -0.2) is 93.6 Å². The first-order chi connectivity index (χ1) is 29.0. The second-order valence-electron chi connectivity index (χ2n) is 14.2. The molecule has 6 heterocycles. The van der Waals surface area contributed by atoms with Crippen LogP contribution in [-0.2, 0) is 11.2 Å². The van der Waals surface area contributed by atoms with Crippen LogP contribution >= 0.6 is 46.2 Å². The number of benzene rings is 2. The van der Waals surface area contributed by atoms with Gasteiger partial charge in [0.1, 0.15) is 44.4 Å². The van der Waals surface area contributed by atoms with Crippen LogP contribution in [0.3, 0.4) is 0 Å². The Morgan fingerprint density at radius 2 is 1.08 bits per heavy atom. The first kappa shape index (κ1) is 45.5. The van der Waals surface area contributed by atoms with Gasteiger partial charge in [-0.2, -0.15) is 0 Å². The Kier molecular flexibility index (Phi) is 15.7. The van der Waals surface area contributed by atoms with E-state index in [4.69, 9.17) is 9.47 Å². The molecule has 2 fully saturated rings. The summed E-state index contributed by atoms with van der Waals surface area (Å²) in [4.78, 5) is 46.7. The second kappa shape index (κ2) is 20.7. The standard InChI is InChI=1S/2C21H23N3O3S2.C2H6/c1-13-23-16-4-3-14(27-2)11-15(16)20(24-13)28-12-17(25)18-5-6-19(29-18)21(26)7-9-22-10-8-21;1-13-23-16-11-14(27-2)3-4-15(16)20(24-13)28-12-17(25)18-5-6-19(29-18)21(26)7-9-22-10-8-21;1-2/h2*3-6,11,22,26H,7-10,12H2,1-2H3;1-2H3. The lowest BCUT2D eigenvalue weighted by atomic mass is 9.91. The molecule has 0 radical (unpaired) electrons. The van der Waals surface area contributed by atoms with Gasteiger partial charge in [-0.1, -0.05) is 37.4 Å². The van der Waals surface area contributed by atoms with Gasteiger partial charge in [-0.15, -0.1) is 22.7 Å². The van der Waals surface area contributed by atoms with Crippen LogP contribution in [0.25, 0.3) is 21.8 Å². The number of ketones is 2. The van der Waals surface area contributed by atoms with Crippen LogP contribution in [0.4, 0.5) is 0 Å². The van der Waals surface area contributed by atoms with Gasteiger partial charge in [-0.3, -0.25) is 9.59 Å². The van der Waals surface area contributed by atoms with Gasteiger partial charge >= 0.3 is 0 Å². The second-order valence-corrected chi connectivity index (χ2v) is 18.3. The van der Waals surface area contributed by atoms with E-state index in [0.29, 0.717) is 47.1 Å². The average Bonchev–Trinajstić information content (AvgIpc) is 3.99. The molecule has 2 aromatic carbocycles.